The normalized spacial score (nSPS) is 12.9. The van der Waals surface area contributed by atoms with Gasteiger partial charge in [-0.1, -0.05) is 12.1 Å². The number of nitrogens with one attached hydrogen (secondary N) is 1. The summed E-state index contributed by atoms with van der Waals surface area (Å²) in [6.07, 6.45) is 2.84. The van der Waals surface area contributed by atoms with Crippen molar-refractivity contribution in [3.8, 4) is 0 Å². The van der Waals surface area contributed by atoms with E-state index in [4.69, 9.17) is 0 Å². The summed E-state index contributed by atoms with van der Waals surface area (Å²) in [4.78, 5) is 21.4. The van der Waals surface area contributed by atoms with Gasteiger partial charge < -0.3 is 5.32 Å². The molecule has 0 aliphatic carbocycles. The molecule has 2 N–H and O–H groups in total. The number of halogens is 3. The van der Waals surface area contributed by atoms with Gasteiger partial charge >= 0.3 is 0 Å². The van der Waals surface area contributed by atoms with Crippen LogP contribution in [-0.4, -0.2) is 24.6 Å². The van der Waals surface area contributed by atoms with Gasteiger partial charge in [-0.05, 0) is 43.3 Å². The van der Waals surface area contributed by atoms with E-state index in [1.807, 2.05) is 0 Å². The maximum absolute atomic E-state index is 14.2. The number of carbonyl (C=O) groups excluding carboxylic acids is 1. The van der Waals surface area contributed by atoms with Crippen molar-refractivity contribution in [2.45, 2.75) is 13.0 Å². The molecule has 1 heterocycles. The van der Waals surface area contributed by atoms with E-state index in [-0.39, 0.29) is 28.0 Å². The molecular formula is C23H17F3N4O3S. The van der Waals surface area contributed by atoms with Crippen molar-refractivity contribution >= 4 is 39.6 Å². The van der Waals surface area contributed by atoms with Gasteiger partial charge in [0.05, 0.1) is 28.5 Å². The van der Waals surface area contributed by atoms with Crippen LogP contribution in [0.3, 0.4) is 0 Å². The monoisotopic (exact) mass is 486 g/mol. The number of carbonyl (C=O) groups is 1. The predicted molar refractivity (Wildman–Crippen MR) is 121 cm³/mol. The van der Waals surface area contributed by atoms with Gasteiger partial charge in [0, 0.05) is 24.0 Å². The molecule has 2 atom stereocenters. The minimum Gasteiger partial charge on any atom is -0.345 e. The number of amides is 1. The maximum atomic E-state index is 14.2. The first-order valence-corrected chi connectivity index (χ1v) is 11.0. The molecule has 0 spiro atoms. The minimum absolute atomic E-state index is 0.0327. The Kier molecular flexibility index (Phi) is 6.57. The summed E-state index contributed by atoms with van der Waals surface area (Å²) in [5.74, 6) is -3.14. The van der Waals surface area contributed by atoms with Crippen LogP contribution < -0.4 is 9.62 Å². The molecule has 0 fully saturated rings. The second-order valence-electron chi connectivity index (χ2n) is 7.25. The highest BCUT2D eigenvalue weighted by atomic mass is 32.2. The molecule has 1 aromatic heterocycles. The smallest absolute Gasteiger partial charge is 0.266 e. The van der Waals surface area contributed by atoms with Crippen LogP contribution in [0.1, 0.15) is 28.9 Å². The topological polar surface area (TPSA) is 95.4 Å². The highest BCUT2D eigenvalue weighted by Gasteiger charge is 2.26. The summed E-state index contributed by atoms with van der Waals surface area (Å²) in [5.41, 5.74) is 0.444. The molecule has 7 nitrogen and oxygen atoms in total. The van der Waals surface area contributed by atoms with Gasteiger partial charge in [0.2, 0.25) is 0 Å². The Balaban J connectivity index is 1.77. The molecule has 2 unspecified atom stereocenters. The van der Waals surface area contributed by atoms with Crippen molar-refractivity contribution in [1.82, 2.24) is 15.3 Å². The Labute approximate surface area is 194 Å². The van der Waals surface area contributed by atoms with Crippen LogP contribution in [0.15, 0.2) is 67.0 Å². The van der Waals surface area contributed by atoms with Gasteiger partial charge in [-0.15, -0.1) is 0 Å². The number of benzene rings is 3. The van der Waals surface area contributed by atoms with Crippen molar-refractivity contribution in [3.63, 3.8) is 0 Å². The van der Waals surface area contributed by atoms with Crippen LogP contribution in [0.25, 0.3) is 11.0 Å². The number of hydrogen-bond donors (Lipinski definition) is 2. The molecule has 0 bridgehead atoms. The van der Waals surface area contributed by atoms with Gasteiger partial charge in [0.1, 0.15) is 23.0 Å². The fourth-order valence-electron chi connectivity index (χ4n) is 3.51. The zero-order valence-corrected chi connectivity index (χ0v) is 18.4. The summed E-state index contributed by atoms with van der Waals surface area (Å²) >= 11 is -2.73. The Morgan fingerprint density at radius 1 is 1.00 bits per heavy atom. The number of rotatable bonds is 6. The molecule has 0 saturated carbocycles. The van der Waals surface area contributed by atoms with Crippen LogP contribution in [0, 0.1) is 17.5 Å². The van der Waals surface area contributed by atoms with Gasteiger partial charge in [-0.25, -0.2) is 21.7 Å². The molecule has 4 aromatic rings. The fourth-order valence-corrected chi connectivity index (χ4v) is 4.14. The number of hydrogen-bond acceptors (Lipinski definition) is 4. The summed E-state index contributed by atoms with van der Waals surface area (Å²) < 4.78 is 65.0. The third-order valence-corrected chi connectivity index (χ3v) is 5.76. The molecule has 34 heavy (non-hydrogen) atoms. The third-order valence-electron chi connectivity index (χ3n) is 5.05. The van der Waals surface area contributed by atoms with Crippen LogP contribution in [0.4, 0.5) is 24.5 Å². The number of nitrogens with zero attached hydrogens (tertiary/aromatic N) is 3. The van der Waals surface area contributed by atoms with Crippen LogP contribution in [-0.2, 0) is 11.3 Å². The summed E-state index contributed by atoms with van der Waals surface area (Å²) in [6.45, 7) is 1.49. The maximum Gasteiger partial charge on any atom is 0.266 e. The lowest BCUT2D eigenvalue weighted by atomic mass is 10.1. The molecule has 174 valence electrons. The average Bonchev–Trinajstić information content (AvgIpc) is 2.79. The molecular weight excluding hydrogens is 469 g/mol. The zero-order valence-electron chi connectivity index (χ0n) is 17.6. The lowest BCUT2D eigenvalue weighted by Gasteiger charge is -2.24. The van der Waals surface area contributed by atoms with Crippen molar-refractivity contribution in [2.75, 3.05) is 4.31 Å². The van der Waals surface area contributed by atoms with Gasteiger partial charge in [0.15, 0.2) is 0 Å². The quantitative estimate of drug-likeness (QED) is 0.381. The fraction of sp³-hybridized carbons (Fsp3) is 0.0870. The lowest BCUT2D eigenvalue weighted by molar-refractivity contribution is 0.0940. The van der Waals surface area contributed by atoms with Gasteiger partial charge in [-0.3, -0.25) is 19.3 Å². The molecule has 0 aliphatic rings. The first kappa shape index (κ1) is 23.3. The first-order valence-electron chi connectivity index (χ1n) is 9.92. The van der Waals surface area contributed by atoms with E-state index in [2.05, 4.69) is 15.3 Å². The molecule has 3 aromatic carbocycles. The Morgan fingerprint density at radius 2 is 1.71 bits per heavy atom. The highest BCUT2D eigenvalue weighted by molar-refractivity contribution is 7.81. The standard InChI is InChI=1S/C23H17F3N4O3S/c1-13(16-7-5-14(24)11-18(16)26)29-23(31)17-8-6-15(25)12-21(17)30(34(32)33)20-4-2-3-19-22(20)28-10-9-27-19/h2-13H,1H3,(H,29,31)(H,32,33). The molecule has 0 aliphatic heterocycles. The Bertz CT molecular complexity index is 1410. The van der Waals surface area contributed by atoms with Crippen molar-refractivity contribution in [3.05, 3.63) is 95.6 Å². The van der Waals surface area contributed by atoms with Crippen LogP contribution in [0.5, 0.6) is 0 Å². The van der Waals surface area contributed by atoms with Crippen LogP contribution >= 0.6 is 0 Å². The van der Waals surface area contributed by atoms with E-state index >= 15 is 0 Å². The predicted octanol–water partition coefficient (Wildman–Crippen LogP) is 4.81. The largest absolute Gasteiger partial charge is 0.345 e. The van der Waals surface area contributed by atoms with E-state index in [1.54, 1.807) is 12.1 Å². The SMILES string of the molecule is CC(NC(=O)c1ccc(F)cc1N(c1cccc2nccnc12)S(=O)O)c1ccc(F)cc1F. The zero-order chi connectivity index (χ0) is 24.4. The third kappa shape index (κ3) is 4.61. The van der Waals surface area contributed by atoms with Crippen molar-refractivity contribution in [2.24, 2.45) is 0 Å². The van der Waals surface area contributed by atoms with Crippen molar-refractivity contribution < 1.29 is 26.7 Å². The second kappa shape index (κ2) is 9.57. The molecule has 0 radical (unpaired) electrons. The van der Waals surface area contributed by atoms with E-state index in [0.29, 0.717) is 11.6 Å². The molecule has 0 saturated heterocycles. The van der Waals surface area contributed by atoms with E-state index < -0.39 is 40.7 Å². The van der Waals surface area contributed by atoms with Gasteiger partial charge in [-0.2, -0.15) is 0 Å². The molecule has 11 heteroatoms. The molecule has 4 rings (SSSR count). The second-order valence-corrected chi connectivity index (χ2v) is 8.08. The highest BCUT2D eigenvalue weighted by Crippen LogP contribution is 2.34. The molecule has 1 amide bonds. The number of para-hydroxylation sites is 1. The number of anilines is 2. The summed E-state index contributed by atoms with van der Waals surface area (Å²) in [5, 5.41) is 2.56. The minimum atomic E-state index is -2.73. The van der Waals surface area contributed by atoms with Gasteiger partial charge in [0.25, 0.3) is 17.2 Å². The van der Waals surface area contributed by atoms with E-state index in [1.165, 1.54) is 31.5 Å². The first-order chi connectivity index (χ1) is 16.3. The van der Waals surface area contributed by atoms with E-state index in [9.17, 15) is 26.7 Å². The Hall–Kier alpha value is -3.83. The number of fused-ring (bicyclic) bond motifs is 1. The number of aromatic nitrogens is 2. The van der Waals surface area contributed by atoms with Crippen LogP contribution in [0.2, 0.25) is 0 Å². The average molecular weight is 486 g/mol. The van der Waals surface area contributed by atoms with Crippen molar-refractivity contribution in [1.29, 1.82) is 0 Å². The summed E-state index contributed by atoms with van der Waals surface area (Å²) in [7, 11) is 0. The lowest BCUT2D eigenvalue weighted by Crippen LogP contribution is -2.30. The van der Waals surface area contributed by atoms with E-state index in [0.717, 1.165) is 28.6 Å². The summed E-state index contributed by atoms with van der Waals surface area (Å²) in [6, 6.07) is 9.85. The Morgan fingerprint density at radius 3 is 2.44 bits per heavy atom.